The van der Waals surface area contributed by atoms with Crippen LogP contribution >= 0.6 is 24.0 Å². The topological polar surface area (TPSA) is 17.1 Å². The van der Waals surface area contributed by atoms with E-state index in [1.165, 1.54) is 11.8 Å². The van der Waals surface area contributed by atoms with E-state index in [9.17, 15) is 4.79 Å². The van der Waals surface area contributed by atoms with Gasteiger partial charge in [-0.15, -0.1) is 11.8 Å². The number of hydrogen-bond donors (Lipinski definition) is 0. The lowest BCUT2D eigenvalue weighted by Gasteiger charge is -2.02. The Labute approximate surface area is 77.2 Å². The average Bonchev–Trinajstić information content (AvgIpc) is 2.05. The van der Waals surface area contributed by atoms with E-state index in [0.29, 0.717) is 9.77 Å². The first-order valence-electron chi connectivity index (χ1n) is 3.40. The van der Waals surface area contributed by atoms with Crippen molar-refractivity contribution >= 4 is 34.5 Å². The third-order valence-electron chi connectivity index (χ3n) is 1.51. The van der Waals surface area contributed by atoms with Crippen molar-refractivity contribution in [3.8, 4) is 0 Å². The van der Waals surface area contributed by atoms with Crippen molar-refractivity contribution in [2.24, 2.45) is 0 Å². The fourth-order valence-electron chi connectivity index (χ4n) is 0.623. The Bertz CT molecular complexity index is 194. The van der Waals surface area contributed by atoms with E-state index in [-0.39, 0.29) is 0 Å². The summed E-state index contributed by atoms with van der Waals surface area (Å²) in [4.78, 5) is 10.5. The molecule has 0 bridgehead atoms. The summed E-state index contributed by atoms with van der Waals surface area (Å²) in [6.07, 6.45) is 3.61. The zero-order valence-electron chi connectivity index (χ0n) is 7.01. The fourth-order valence-corrected chi connectivity index (χ4v) is 1.29. The highest BCUT2D eigenvalue weighted by Gasteiger charge is 2.04. The molecule has 0 radical (unpaired) electrons. The second kappa shape index (κ2) is 5.49. The number of carbonyl (C=O) groups is 1. The molecule has 0 aliphatic rings. The van der Waals surface area contributed by atoms with Crippen LogP contribution in [0.3, 0.4) is 0 Å². The lowest BCUT2D eigenvalue weighted by molar-refractivity contribution is -0.104. The molecule has 0 unspecified atom stereocenters. The van der Waals surface area contributed by atoms with Gasteiger partial charge in [-0.3, -0.25) is 4.79 Å². The number of hydrogen-bond acceptors (Lipinski definition) is 3. The molecule has 0 aromatic carbocycles. The maximum absolute atomic E-state index is 10.5. The highest BCUT2D eigenvalue weighted by molar-refractivity contribution is 8.23. The number of thioether (sulfide) groups is 1. The van der Waals surface area contributed by atoms with Crippen molar-refractivity contribution in [2.45, 2.75) is 20.3 Å². The van der Waals surface area contributed by atoms with Gasteiger partial charge in [0.2, 0.25) is 0 Å². The molecule has 0 aromatic heterocycles. The Morgan fingerprint density at radius 2 is 2.18 bits per heavy atom. The first-order valence-corrected chi connectivity index (χ1v) is 5.03. The largest absolute Gasteiger partial charge is 0.298 e. The van der Waals surface area contributed by atoms with E-state index in [1.54, 1.807) is 0 Å². The Hall–Kier alpha value is -0.150. The molecule has 0 saturated carbocycles. The molecule has 62 valence electrons. The summed E-state index contributed by atoms with van der Waals surface area (Å²) >= 11 is 6.44. The van der Waals surface area contributed by atoms with Crippen LogP contribution in [0.1, 0.15) is 20.3 Å². The number of thiocarbonyl (C=S) groups is 1. The summed E-state index contributed by atoms with van der Waals surface area (Å²) < 4.78 is 0.694. The maximum Gasteiger partial charge on any atom is 0.151 e. The summed E-state index contributed by atoms with van der Waals surface area (Å²) in [5.41, 5.74) is 1.76. The molecule has 0 saturated heterocycles. The van der Waals surface area contributed by atoms with Gasteiger partial charge in [-0.05, 0) is 19.6 Å². The Balaban J connectivity index is 4.64. The quantitative estimate of drug-likeness (QED) is 0.385. The van der Waals surface area contributed by atoms with E-state index in [2.05, 4.69) is 0 Å². The molecular weight excluding hydrogens is 176 g/mol. The SMILES string of the molecule is CCC(C)=C(C=O)C(=S)SC. The van der Waals surface area contributed by atoms with Gasteiger partial charge in [-0.1, -0.05) is 24.7 Å². The number of carbonyl (C=O) groups excluding carboxylic acids is 1. The van der Waals surface area contributed by atoms with Crippen molar-refractivity contribution < 1.29 is 4.79 Å². The molecule has 0 atom stereocenters. The molecule has 0 aliphatic carbocycles. The van der Waals surface area contributed by atoms with Gasteiger partial charge in [0.25, 0.3) is 0 Å². The summed E-state index contributed by atoms with van der Waals surface area (Å²) in [6, 6.07) is 0. The lowest BCUT2D eigenvalue weighted by atomic mass is 10.1. The normalized spacial score (nSPS) is 12.3. The van der Waals surface area contributed by atoms with Crippen LogP contribution < -0.4 is 0 Å². The third-order valence-corrected chi connectivity index (χ3v) is 2.82. The predicted octanol–water partition coefficient (Wildman–Crippen LogP) is 2.60. The molecule has 3 heteroatoms. The van der Waals surface area contributed by atoms with Crippen LogP contribution in [0.15, 0.2) is 11.1 Å². The van der Waals surface area contributed by atoms with E-state index in [4.69, 9.17) is 12.2 Å². The van der Waals surface area contributed by atoms with Crippen molar-refractivity contribution in [1.82, 2.24) is 0 Å². The van der Waals surface area contributed by atoms with Crippen molar-refractivity contribution in [3.63, 3.8) is 0 Å². The van der Waals surface area contributed by atoms with Crippen molar-refractivity contribution in [3.05, 3.63) is 11.1 Å². The second-order valence-electron chi connectivity index (χ2n) is 2.16. The fraction of sp³-hybridized carbons (Fsp3) is 0.500. The second-order valence-corrected chi connectivity index (χ2v) is 3.64. The predicted molar refractivity (Wildman–Crippen MR) is 55.2 cm³/mol. The smallest absolute Gasteiger partial charge is 0.151 e. The van der Waals surface area contributed by atoms with Crippen molar-refractivity contribution in [2.75, 3.05) is 6.26 Å². The van der Waals surface area contributed by atoms with Crippen LogP contribution in [0.2, 0.25) is 0 Å². The van der Waals surface area contributed by atoms with Crippen molar-refractivity contribution in [1.29, 1.82) is 0 Å². The molecule has 0 amide bonds. The zero-order valence-corrected chi connectivity index (χ0v) is 8.64. The molecule has 0 aliphatic heterocycles. The van der Waals surface area contributed by atoms with Gasteiger partial charge in [-0.2, -0.15) is 0 Å². The van der Waals surface area contributed by atoms with Crippen LogP contribution in [0.5, 0.6) is 0 Å². The van der Waals surface area contributed by atoms with E-state index >= 15 is 0 Å². The summed E-state index contributed by atoms with van der Waals surface area (Å²) in [6.45, 7) is 3.95. The van der Waals surface area contributed by atoms with Gasteiger partial charge < -0.3 is 0 Å². The molecule has 0 spiro atoms. The Morgan fingerprint density at radius 1 is 1.64 bits per heavy atom. The number of rotatable bonds is 3. The Morgan fingerprint density at radius 3 is 2.45 bits per heavy atom. The molecular formula is C8H12OS2. The third kappa shape index (κ3) is 3.16. The minimum atomic E-state index is 0.690. The van der Waals surface area contributed by atoms with Gasteiger partial charge in [0, 0.05) is 5.57 Å². The highest BCUT2D eigenvalue weighted by atomic mass is 32.2. The molecule has 0 aromatic rings. The van der Waals surface area contributed by atoms with Gasteiger partial charge in [0.15, 0.2) is 6.29 Å². The molecule has 0 rings (SSSR count). The van der Waals surface area contributed by atoms with Gasteiger partial charge in [0.1, 0.15) is 0 Å². The monoisotopic (exact) mass is 188 g/mol. The highest BCUT2D eigenvalue weighted by Crippen LogP contribution is 2.14. The standard InChI is InChI=1S/C8H12OS2/c1-4-6(2)7(5-9)8(10)11-3/h5H,4H2,1-3H3. The zero-order chi connectivity index (χ0) is 8.85. The lowest BCUT2D eigenvalue weighted by Crippen LogP contribution is -1.98. The molecule has 0 heterocycles. The van der Waals surface area contributed by atoms with E-state index < -0.39 is 0 Å². The minimum Gasteiger partial charge on any atom is -0.298 e. The van der Waals surface area contributed by atoms with Crippen LogP contribution in [0.4, 0.5) is 0 Å². The van der Waals surface area contributed by atoms with Crippen LogP contribution in [-0.2, 0) is 4.79 Å². The van der Waals surface area contributed by atoms with Gasteiger partial charge in [0.05, 0.1) is 4.20 Å². The summed E-state index contributed by atoms with van der Waals surface area (Å²) in [5.74, 6) is 0. The summed E-state index contributed by atoms with van der Waals surface area (Å²) in [7, 11) is 0. The van der Waals surface area contributed by atoms with Crippen LogP contribution in [-0.4, -0.2) is 16.7 Å². The molecule has 0 fully saturated rings. The van der Waals surface area contributed by atoms with Crippen LogP contribution in [0, 0.1) is 0 Å². The average molecular weight is 188 g/mol. The number of aldehydes is 1. The van der Waals surface area contributed by atoms with Gasteiger partial charge in [-0.25, -0.2) is 0 Å². The minimum absolute atomic E-state index is 0.690. The van der Waals surface area contributed by atoms with Crippen LogP contribution in [0.25, 0.3) is 0 Å². The maximum atomic E-state index is 10.5. The number of allylic oxidation sites excluding steroid dienone is 1. The molecule has 11 heavy (non-hydrogen) atoms. The first-order chi connectivity index (χ1) is 5.17. The van der Waals surface area contributed by atoms with E-state index in [0.717, 1.165) is 18.3 Å². The molecule has 0 N–H and O–H groups in total. The first kappa shape index (κ1) is 10.8. The molecule has 1 nitrogen and oxygen atoms in total. The Kier molecular flexibility index (Phi) is 5.42. The van der Waals surface area contributed by atoms with E-state index in [1.807, 2.05) is 20.1 Å². The summed E-state index contributed by atoms with van der Waals surface area (Å²) in [5, 5.41) is 0. The van der Waals surface area contributed by atoms with Gasteiger partial charge >= 0.3 is 0 Å².